The number of alkyl halides is 2. The fourth-order valence-corrected chi connectivity index (χ4v) is 3.50. The molecule has 0 aromatic rings. The molecule has 1 fully saturated rings. The van der Waals surface area contributed by atoms with Crippen LogP contribution in [0.4, 0.5) is 0 Å². The van der Waals surface area contributed by atoms with E-state index in [1.165, 1.54) is 5.54 Å². The minimum Gasteiger partial charge on any atom is -0.363 e. The molecule has 4 heteroatoms. The summed E-state index contributed by atoms with van der Waals surface area (Å²) in [6.07, 6.45) is 2.92. The molecule has 1 rings (SSSR count). The Labute approximate surface area is 107 Å². The van der Waals surface area contributed by atoms with Crippen molar-refractivity contribution < 1.29 is 4.74 Å². The van der Waals surface area contributed by atoms with Gasteiger partial charge in [0.2, 0.25) is 0 Å². The Morgan fingerprint density at radius 1 is 1.29 bits per heavy atom. The zero-order chi connectivity index (χ0) is 11.0. The third kappa shape index (κ3) is 2.55. The number of hydrogen-bond acceptors (Lipinski definition) is 1. The second kappa shape index (κ2) is 4.44. The number of ether oxygens (including phenoxy) is 1. The van der Waals surface area contributed by atoms with E-state index in [9.17, 15) is 0 Å². The largest absolute Gasteiger partial charge is 0.363 e. The summed E-state index contributed by atoms with van der Waals surface area (Å²) in [7, 11) is 0. The first kappa shape index (κ1) is 13.0. The van der Waals surface area contributed by atoms with Crippen LogP contribution in [0.5, 0.6) is 0 Å². The molecule has 0 spiro atoms. The van der Waals surface area contributed by atoms with Crippen molar-refractivity contribution >= 4 is 43.5 Å². The highest BCUT2D eigenvalue weighted by atomic mass is 79.9. The molecule has 1 aliphatic heterocycles. The van der Waals surface area contributed by atoms with Crippen molar-refractivity contribution in [1.82, 2.24) is 0 Å². The Kier molecular flexibility index (Phi) is 4.13. The van der Waals surface area contributed by atoms with Crippen LogP contribution in [0.1, 0.15) is 27.2 Å². The van der Waals surface area contributed by atoms with E-state index < -0.39 is 0 Å². The topological polar surface area (TPSA) is 9.23 Å². The van der Waals surface area contributed by atoms with E-state index in [0.717, 1.165) is 6.42 Å². The molecular weight excluding hydrogens is 331 g/mol. The molecule has 14 heavy (non-hydrogen) atoms. The van der Waals surface area contributed by atoms with E-state index >= 15 is 0 Å². The van der Waals surface area contributed by atoms with Gasteiger partial charge in [0.1, 0.15) is 0 Å². The highest BCUT2D eigenvalue weighted by Gasteiger charge is 2.46. The smallest absolute Gasteiger partial charge is 0.0978 e. The van der Waals surface area contributed by atoms with E-state index in [4.69, 9.17) is 16.3 Å². The molecule has 1 aliphatic rings. The monoisotopic (exact) mass is 344 g/mol. The summed E-state index contributed by atoms with van der Waals surface area (Å²) >= 11 is 12.9. The lowest BCUT2D eigenvalue weighted by molar-refractivity contribution is -0.129. The number of rotatable bonds is 1. The predicted octanol–water partition coefficient (Wildman–Crippen LogP) is 4.22. The van der Waals surface area contributed by atoms with Crippen LogP contribution in [0.15, 0.2) is 11.6 Å². The lowest BCUT2D eigenvalue weighted by Gasteiger charge is -2.48. The molecule has 0 bridgehead atoms. The van der Waals surface area contributed by atoms with Crippen LogP contribution in [0, 0.1) is 0 Å². The van der Waals surface area contributed by atoms with E-state index in [2.05, 4.69) is 45.7 Å². The predicted molar refractivity (Wildman–Crippen MR) is 68.6 cm³/mol. The van der Waals surface area contributed by atoms with E-state index in [1.807, 2.05) is 13.0 Å². The number of halogens is 3. The summed E-state index contributed by atoms with van der Waals surface area (Å²) in [5, 5.41) is 0. The van der Waals surface area contributed by atoms with Gasteiger partial charge in [-0.15, -0.1) is 0 Å². The van der Waals surface area contributed by atoms with E-state index in [-0.39, 0.29) is 16.0 Å². The van der Waals surface area contributed by atoms with E-state index in [1.54, 1.807) is 0 Å². The van der Waals surface area contributed by atoms with Crippen molar-refractivity contribution in [2.45, 2.75) is 48.0 Å². The Hall–Kier alpha value is 0.950. The van der Waals surface area contributed by atoms with Gasteiger partial charge in [0.15, 0.2) is 0 Å². The van der Waals surface area contributed by atoms with Crippen LogP contribution < -0.4 is 0 Å². The first-order valence-electron chi connectivity index (χ1n) is 4.58. The van der Waals surface area contributed by atoms with Crippen LogP contribution in [0.3, 0.4) is 0 Å². The third-order valence-electron chi connectivity index (χ3n) is 2.67. The molecule has 3 atom stereocenters. The summed E-state index contributed by atoms with van der Waals surface area (Å²) in [6.45, 7) is 6.23. The average Bonchev–Trinajstić information content (AvgIpc) is 2.01. The van der Waals surface area contributed by atoms with Gasteiger partial charge in [-0.25, -0.2) is 0 Å². The van der Waals surface area contributed by atoms with Gasteiger partial charge >= 0.3 is 0 Å². The fourth-order valence-electron chi connectivity index (χ4n) is 1.66. The summed E-state index contributed by atoms with van der Waals surface area (Å²) < 4.78 is 6.06. The van der Waals surface area contributed by atoms with Crippen LogP contribution >= 0.6 is 43.5 Å². The Balaban J connectivity index is 2.89. The van der Waals surface area contributed by atoms with Crippen molar-refractivity contribution in [2.24, 2.45) is 0 Å². The summed E-state index contributed by atoms with van der Waals surface area (Å²) in [5.74, 6) is 0. The van der Waals surface area contributed by atoms with Gasteiger partial charge in [-0.3, -0.25) is 0 Å². The maximum atomic E-state index is 6.06. The molecule has 0 radical (unpaired) electrons. The Bertz CT molecular complexity index is 242. The van der Waals surface area contributed by atoms with Crippen LogP contribution in [-0.4, -0.2) is 20.9 Å². The van der Waals surface area contributed by atoms with Gasteiger partial charge in [-0.05, 0) is 33.3 Å². The van der Waals surface area contributed by atoms with Crippen LogP contribution in [0.2, 0.25) is 0 Å². The molecule has 0 N–H and O–H groups in total. The number of hydrogen-bond donors (Lipinski definition) is 0. The summed E-state index contributed by atoms with van der Waals surface area (Å²) in [5.41, 5.74) is 1.03. The first-order valence-corrected chi connectivity index (χ1v) is 6.85. The highest BCUT2D eigenvalue weighted by molar-refractivity contribution is 9.10. The lowest BCUT2D eigenvalue weighted by Crippen LogP contribution is -2.54. The molecule has 1 nitrogen and oxygen atoms in total. The molecule has 0 aliphatic carbocycles. The molecule has 0 aromatic carbocycles. The van der Waals surface area contributed by atoms with Gasteiger partial charge in [-0.1, -0.05) is 43.5 Å². The molecule has 1 saturated heterocycles. The second-order valence-corrected chi connectivity index (χ2v) is 6.82. The molecule has 0 saturated carbocycles. The first-order chi connectivity index (χ1) is 6.32. The van der Waals surface area contributed by atoms with Crippen LogP contribution in [0.25, 0.3) is 0 Å². The van der Waals surface area contributed by atoms with E-state index in [0.29, 0.717) is 4.83 Å². The zero-order valence-electron chi connectivity index (χ0n) is 8.56. The maximum Gasteiger partial charge on any atom is 0.0978 e. The summed E-state index contributed by atoms with van der Waals surface area (Å²) in [4.78, 5) is 0.638. The fraction of sp³-hybridized carbons (Fsp3) is 0.800. The minimum absolute atomic E-state index is 0.171. The van der Waals surface area contributed by atoms with Gasteiger partial charge < -0.3 is 4.74 Å². The maximum absolute atomic E-state index is 6.06. The minimum atomic E-state index is -0.324. The van der Waals surface area contributed by atoms with Crippen molar-refractivity contribution in [3.63, 3.8) is 0 Å². The SMILES string of the molecule is CC1(C)O[C@@](C)(/C=C/Cl)[C@H](Br)C[C@H]1Br. The second-order valence-electron chi connectivity index (χ2n) is 4.35. The lowest BCUT2D eigenvalue weighted by atomic mass is 9.88. The normalized spacial score (nSPS) is 43.0. The van der Waals surface area contributed by atoms with Crippen LogP contribution in [-0.2, 0) is 4.74 Å². The molecular formula is C10H15Br2ClO. The van der Waals surface area contributed by atoms with Crippen molar-refractivity contribution in [1.29, 1.82) is 0 Å². The van der Waals surface area contributed by atoms with Gasteiger partial charge in [0.25, 0.3) is 0 Å². The molecule has 0 unspecified atom stereocenters. The standard InChI is InChI=1S/C10H15Br2ClO/c1-9(2)7(11)6-8(12)10(3,14-9)4-5-13/h4-5,7-8H,6H2,1-3H3/b5-4+/t7-,8-,10+/m1/s1. The average molecular weight is 346 g/mol. The molecule has 0 aromatic heterocycles. The van der Waals surface area contributed by atoms with Gasteiger partial charge in [0.05, 0.1) is 11.2 Å². The molecule has 0 amide bonds. The third-order valence-corrected chi connectivity index (χ3v) is 5.55. The highest BCUT2D eigenvalue weighted by Crippen LogP contribution is 2.43. The van der Waals surface area contributed by atoms with Gasteiger partial charge in [0, 0.05) is 15.2 Å². The van der Waals surface area contributed by atoms with Crippen molar-refractivity contribution in [3.8, 4) is 0 Å². The molecule has 82 valence electrons. The van der Waals surface area contributed by atoms with Crippen molar-refractivity contribution in [3.05, 3.63) is 11.6 Å². The molecule has 1 heterocycles. The summed E-state index contributed by atoms with van der Waals surface area (Å²) in [6, 6.07) is 0. The van der Waals surface area contributed by atoms with Crippen molar-refractivity contribution in [2.75, 3.05) is 0 Å². The Morgan fingerprint density at radius 3 is 2.36 bits per heavy atom. The Morgan fingerprint density at radius 2 is 1.86 bits per heavy atom. The van der Waals surface area contributed by atoms with Gasteiger partial charge in [-0.2, -0.15) is 0 Å². The quantitative estimate of drug-likeness (QED) is 0.646. The zero-order valence-corrected chi connectivity index (χ0v) is 12.5.